The number of hydrogen-bond acceptors (Lipinski definition) is 4. The maximum absolute atomic E-state index is 12.8. The van der Waals surface area contributed by atoms with Crippen LogP contribution in [0.1, 0.15) is 31.2 Å². The van der Waals surface area contributed by atoms with Crippen LogP contribution >= 0.6 is 0 Å². The highest BCUT2D eigenvalue weighted by Crippen LogP contribution is 2.28. The van der Waals surface area contributed by atoms with Crippen LogP contribution in [0.5, 0.6) is 5.75 Å². The third-order valence-corrected chi connectivity index (χ3v) is 4.39. The van der Waals surface area contributed by atoms with Crippen molar-refractivity contribution in [1.29, 1.82) is 0 Å². The number of rotatable bonds is 6. The molecule has 0 bridgehead atoms. The third-order valence-electron chi connectivity index (χ3n) is 4.39. The Morgan fingerprint density at radius 2 is 1.96 bits per heavy atom. The summed E-state index contributed by atoms with van der Waals surface area (Å²) in [7, 11) is 3.18. The molecule has 2 rings (SSSR count). The average Bonchev–Trinajstić information content (AvgIpc) is 2.95. The molecule has 3 atom stereocenters. The van der Waals surface area contributed by atoms with Gasteiger partial charge in [0.25, 0.3) is 0 Å². The van der Waals surface area contributed by atoms with E-state index in [0.717, 1.165) is 11.3 Å². The zero-order chi connectivity index (χ0) is 17.0. The summed E-state index contributed by atoms with van der Waals surface area (Å²) in [5.41, 5.74) is 0.880. The van der Waals surface area contributed by atoms with Crippen LogP contribution in [0.2, 0.25) is 0 Å². The minimum absolute atomic E-state index is 0.0546. The fraction of sp³-hybridized carbons (Fsp3) is 0.529. The predicted octanol–water partition coefficient (Wildman–Crippen LogP) is 1.89. The van der Waals surface area contributed by atoms with Crippen molar-refractivity contribution < 1.29 is 24.2 Å². The van der Waals surface area contributed by atoms with Crippen molar-refractivity contribution in [3.05, 3.63) is 29.8 Å². The summed E-state index contributed by atoms with van der Waals surface area (Å²) in [6, 6.07) is 7.03. The first kappa shape index (κ1) is 17.3. The van der Waals surface area contributed by atoms with Crippen LogP contribution in [0, 0.1) is 0 Å². The zero-order valence-electron chi connectivity index (χ0n) is 13.7. The molecule has 1 aromatic rings. The highest BCUT2D eigenvalue weighted by Gasteiger charge is 2.38. The number of carboxylic acids is 1. The number of aliphatic carboxylic acids is 1. The molecule has 6 nitrogen and oxygen atoms in total. The number of carboxylic acid groups (broad SMARTS) is 1. The molecular formula is C17H23NO5. The Bertz CT molecular complexity index is 557. The Labute approximate surface area is 136 Å². The van der Waals surface area contributed by atoms with Gasteiger partial charge in [0.05, 0.1) is 25.6 Å². The van der Waals surface area contributed by atoms with Crippen molar-refractivity contribution in [1.82, 2.24) is 4.90 Å². The van der Waals surface area contributed by atoms with E-state index in [1.165, 1.54) is 0 Å². The SMILES string of the molecule is COc1ccc(C(C)C(=O)N2CC(OC)CC2CC(=O)O)cc1. The van der Waals surface area contributed by atoms with Crippen molar-refractivity contribution in [2.24, 2.45) is 0 Å². The predicted molar refractivity (Wildman–Crippen MR) is 84.6 cm³/mol. The quantitative estimate of drug-likeness (QED) is 0.866. The minimum atomic E-state index is -0.901. The molecule has 1 heterocycles. The van der Waals surface area contributed by atoms with Gasteiger partial charge in [-0.1, -0.05) is 12.1 Å². The van der Waals surface area contributed by atoms with Gasteiger partial charge in [0.2, 0.25) is 5.91 Å². The fourth-order valence-electron chi connectivity index (χ4n) is 2.99. The van der Waals surface area contributed by atoms with E-state index in [2.05, 4.69) is 0 Å². The van der Waals surface area contributed by atoms with Gasteiger partial charge in [-0.05, 0) is 31.0 Å². The molecule has 3 unspecified atom stereocenters. The van der Waals surface area contributed by atoms with Crippen molar-refractivity contribution in [3.8, 4) is 5.75 Å². The Morgan fingerprint density at radius 1 is 1.30 bits per heavy atom. The largest absolute Gasteiger partial charge is 0.497 e. The smallest absolute Gasteiger partial charge is 0.305 e. The second kappa shape index (κ2) is 7.46. The van der Waals surface area contributed by atoms with Gasteiger partial charge in [-0.25, -0.2) is 0 Å². The summed E-state index contributed by atoms with van der Waals surface area (Å²) in [6.07, 6.45) is 0.400. The summed E-state index contributed by atoms with van der Waals surface area (Å²) < 4.78 is 10.4. The Hall–Kier alpha value is -2.08. The van der Waals surface area contributed by atoms with Crippen LogP contribution in [0.3, 0.4) is 0 Å². The molecular weight excluding hydrogens is 298 g/mol. The molecule has 1 fully saturated rings. The third kappa shape index (κ3) is 4.01. The Balaban J connectivity index is 2.13. The van der Waals surface area contributed by atoms with Gasteiger partial charge >= 0.3 is 5.97 Å². The zero-order valence-corrected chi connectivity index (χ0v) is 13.7. The number of methoxy groups -OCH3 is 2. The summed E-state index contributed by atoms with van der Waals surface area (Å²) >= 11 is 0. The second-order valence-corrected chi connectivity index (χ2v) is 5.83. The van der Waals surface area contributed by atoms with E-state index in [0.29, 0.717) is 13.0 Å². The van der Waals surface area contributed by atoms with Crippen LogP contribution in [-0.4, -0.2) is 54.8 Å². The maximum atomic E-state index is 12.8. The molecule has 1 aromatic carbocycles. The lowest BCUT2D eigenvalue weighted by molar-refractivity contribution is -0.140. The number of benzene rings is 1. The molecule has 0 aliphatic carbocycles. The molecule has 1 aliphatic heterocycles. The molecule has 0 radical (unpaired) electrons. The van der Waals surface area contributed by atoms with E-state index < -0.39 is 5.97 Å². The van der Waals surface area contributed by atoms with Crippen molar-refractivity contribution in [2.45, 2.75) is 37.8 Å². The maximum Gasteiger partial charge on any atom is 0.305 e. The summed E-state index contributed by atoms with van der Waals surface area (Å²) in [5, 5.41) is 9.05. The standard InChI is InChI=1S/C17H23NO5/c1-11(12-4-6-14(22-2)7-5-12)17(21)18-10-15(23-3)8-13(18)9-16(19)20/h4-7,11,13,15H,8-10H2,1-3H3,(H,19,20). The van der Waals surface area contributed by atoms with Crippen LogP contribution in [0.4, 0.5) is 0 Å². The van der Waals surface area contributed by atoms with E-state index in [-0.39, 0.29) is 30.4 Å². The van der Waals surface area contributed by atoms with Gasteiger partial charge in [-0.15, -0.1) is 0 Å². The molecule has 6 heteroatoms. The molecule has 0 spiro atoms. The second-order valence-electron chi connectivity index (χ2n) is 5.83. The Morgan fingerprint density at radius 3 is 2.48 bits per heavy atom. The number of likely N-dealkylation sites (tertiary alicyclic amines) is 1. The fourth-order valence-corrected chi connectivity index (χ4v) is 2.99. The normalized spacial score (nSPS) is 22.0. The van der Waals surface area contributed by atoms with E-state index in [9.17, 15) is 9.59 Å². The van der Waals surface area contributed by atoms with Crippen LogP contribution in [0.15, 0.2) is 24.3 Å². The number of amides is 1. The summed E-state index contributed by atoms with van der Waals surface area (Å²) in [4.78, 5) is 25.5. The van der Waals surface area contributed by atoms with Crippen molar-refractivity contribution in [3.63, 3.8) is 0 Å². The van der Waals surface area contributed by atoms with E-state index in [1.807, 2.05) is 31.2 Å². The first-order valence-electron chi connectivity index (χ1n) is 7.65. The van der Waals surface area contributed by atoms with E-state index in [4.69, 9.17) is 14.6 Å². The van der Waals surface area contributed by atoms with Crippen molar-refractivity contribution in [2.75, 3.05) is 20.8 Å². The number of ether oxygens (including phenoxy) is 2. The first-order chi connectivity index (χ1) is 11.0. The highest BCUT2D eigenvalue weighted by molar-refractivity contribution is 5.84. The monoisotopic (exact) mass is 321 g/mol. The molecule has 1 N–H and O–H groups in total. The van der Waals surface area contributed by atoms with E-state index >= 15 is 0 Å². The number of carbonyl (C=O) groups excluding carboxylic acids is 1. The average molecular weight is 321 g/mol. The van der Waals surface area contributed by atoms with E-state index in [1.54, 1.807) is 19.1 Å². The highest BCUT2D eigenvalue weighted by atomic mass is 16.5. The molecule has 0 saturated carbocycles. The topological polar surface area (TPSA) is 76.1 Å². The molecule has 0 aromatic heterocycles. The van der Waals surface area contributed by atoms with Gasteiger partial charge < -0.3 is 19.5 Å². The summed E-state index contributed by atoms with van der Waals surface area (Å²) in [6.45, 7) is 2.27. The summed E-state index contributed by atoms with van der Waals surface area (Å²) in [5.74, 6) is -0.576. The first-order valence-corrected chi connectivity index (χ1v) is 7.65. The molecule has 126 valence electrons. The van der Waals surface area contributed by atoms with Gasteiger partial charge in [0, 0.05) is 19.7 Å². The molecule has 23 heavy (non-hydrogen) atoms. The molecule has 1 aliphatic rings. The van der Waals surface area contributed by atoms with Gasteiger partial charge in [0.15, 0.2) is 0 Å². The molecule has 1 saturated heterocycles. The lowest BCUT2D eigenvalue weighted by Crippen LogP contribution is -2.39. The Kier molecular flexibility index (Phi) is 5.60. The van der Waals surface area contributed by atoms with Gasteiger partial charge in [-0.3, -0.25) is 9.59 Å². The lowest BCUT2D eigenvalue weighted by Gasteiger charge is -2.26. The number of hydrogen-bond donors (Lipinski definition) is 1. The van der Waals surface area contributed by atoms with Gasteiger partial charge in [-0.2, -0.15) is 0 Å². The van der Waals surface area contributed by atoms with Crippen molar-refractivity contribution >= 4 is 11.9 Å². The van der Waals surface area contributed by atoms with Crippen LogP contribution in [0.25, 0.3) is 0 Å². The number of carbonyl (C=O) groups is 2. The number of nitrogens with zero attached hydrogens (tertiary/aromatic N) is 1. The minimum Gasteiger partial charge on any atom is -0.497 e. The van der Waals surface area contributed by atoms with Crippen LogP contribution < -0.4 is 4.74 Å². The lowest BCUT2D eigenvalue weighted by atomic mass is 9.99. The molecule has 1 amide bonds. The van der Waals surface area contributed by atoms with Crippen LogP contribution in [-0.2, 0) is 14.3 Å². The van der Waals surface area contributed by atoms with Gasteiger partial charge in [0.1, 0.15) is 5.75 Å².